The van der Waals surface area contributed by atoms with Crippen molar-refractivity contribution in [3.8, 4) is 6.07 Å². The summed E-state index contributed by atoms with van der Waals surface area (Å²) in [5.41, 5.74) is 2.70. The Labute approximate surface area is 126 Å². The summed E-state index contributed by atoms with van der Waals surface area (Å²) in [6.07, 6.45) is 10.0. The lowest BCUT2D eigenvalue weighted by Gasteiger charge is -2.16. The van der Waals surface area contributed by atoms with Crippen molar-refractivity contribution in [3.05, 3.63) is 23.5 Å². The van der Waals surface area contributed by atoms with Crippen LogP contribution in [0.5, 0.6) is 0 Å². The van der Waals surface area contributed by atoms with Crippen LogP contribution in [0.4, 0.5) is 0 Å². The number of aromatic nitrogens is 1. The van der Waals surface area contributed by atoms with Gasteiger partial charge < -0.3 is 15.2 Å². The van der Waals surface area contributed by atoms with Crippen LogP contribution in [0.1, 0.15) is 49.8 Å². The molecule has 5 heteroatoms. The number of carbonyl (C=O) groups excluding carboxylic acids is 1. The largest absolute Gasteiger partial charge is 0.344 e. The Morgan fingerprint density at radius 3 is 3.10 bits per heavy atom. The van der Waals surface area contributed by atoms with E-state index in [-0.39, 0.29) is 19.0 Å². The average Bonchev–Trinajstić information content (AvgIpc) is 2.77. The van der Waals surface area contributed by atoms with Gasteiger partial charge in [0.25, 0.3) is 0 Å². The predicted octanol–water partition coefficient (Wildman–Crippen LogP) is 1.89. The lowest BCUT2D eigenvalue weighted by Crippen LogP contribution is -2.27. The molecule has 0 aromatic carbocycles. The van der Waals surface area contributed by atoms with Gasteiger partial charge in [0.15, 0.2) is 0 Å². The number of nitriles is 1. The molecule has 1 aromatic rings. The van der Waals surface area contributed by atoms with Crippen LogP contribution in [0.3, 0.4) is 0 Å². The monoisotopic (exact) mass is 288 g/mol. The second-order valence-corrected chi connectivity index (χ2v) is 5.60. The minimum Gasteiger partial charge on any atom is -0.344 e. The van der Waals surface area contributed by atoms with Gasteiger partial charge in [0.1, 0.15) is 13.1 Å². The van der Waals surface area contributed by atoms with Gasteiger partial charge in [-0.1, -0.05) is 13.3 Å². The van der Waals surface area contributed by atoms with Gasteiger partial charge in [0, 0.05) is 18.4 Å². The number of aryl methyl sites for hydroxylation is 1. The van der Waals surface area contributed by atoms with Crippen molar-refractivity contribution in [3.63, 3.8) is 0 Å². The second kappa shape index (κ2) is 7.84. The zero-order valence-electron chi connectivity index (χ0n) is 12.7. The summed E-state index contributed by atoms with van der Waals surface area (Å²) in [6.45, 7) is 3.56. The van der Waals surface area contributed by atoms with Crippen LogP contribution in [-0.4, -0.2) is 23.6 Å². The lowest BCUT2D eigenvalue weighted by atomic mass is 10.0. The van der Waals surface area contributed by atoms with E-state index in [1.54, 1.807) is 0 Å². The van der Waals surface area contributed by atoms with Crippen LogP contribution in [-0.2, 0) is 17.8 Å². The lowest BCUT2D eigenvalue weighted by molar-refractivity contribution is -0.121. The standard InChI is InChI=1S/C16H24N4O/c1-2-8-18-15-6-4-3-5-13-10-20(11-14(13)15)12-16(21)19-9-7-17/h10-11,15,18H,2-6,8-9,12H2,1H3,(H,19,21). The first-order valence-electron chi connectivity index (χ1n) is 7.80. The van der Waals surface area contributed by atoms with E-state index in [0.29, 0.717) is 6.04 Å². The van der Waals surface area contributed by atoms with Gasteiger partial charge in [-0.15, -0.1) is 0 Å². The fourth-order valence-corrected chi connectivity index (χ4v) is 2.90. The molecule has 1 atom stereocenters. The number of fused-ring (bicyclic) bond motifs is 1. The summed E-state index contributed by atoms with van der Waals surface area (Å²) in [6, 6.07) is 2.33. The number of amides is 1. The van der Waals surface area contributed by atoms with E-state index in [1.165, 1.54) is 24.0 Å². The van der Waals surface area contributed by atoms with Crippen molar-refractivity contribution in [1.82, 2.24) is 15.2 Å². The molecule has 21 heavy (non-hydrogen) atoms. The third-order valence-corrected chi connectivity index (χ3v) is 3.89. The molecule has 0 spiro atoms. The molecule has 0 fully saturated rings. The summed E-state index contributed by atoms with van der Waals surface area (Å²) in [5.74, 6) is -0.111. The number of carbonyl (C=O) groups is 1. The molecule has 0 radical (unpaired) electrons. The van der Waals surface area contributed by atoms with Crippen molar-refractivity contribution in [2.45, 2.75) is 51.6 Å². The molecule has 5 nitrogen and oxygen atoms in total. The second-order valence-electron chi connectivity index (χ2n) is 5.60. The zero-order valence-corrected chi connectivity index (χ0v) is 12.7. The van der Waals surface area contributed by atoms with E-state index < -0.39 is 0 Å². The van der Waals surface area contributed by atoms with Crippen molar-refractivity contribution >= 4 is 5.91 Å². The summed E-state index contributed by atoms with van der Waals surface area (Å²) in [5, 5.41) is 14.7. The first-order valence-corrected chi connectivity index (χ1v) is 7.80. The molecule has 1 aliphatic carbocycles. The van der Waals surface area contributed by atoms with E-state index in [4.69, 9.17) is 5.26 Å². The number of hydrogen-bond donors (Lipinski definition) is 2. The van der Waals surface area contributed by atoms with Crippen LogP contribution < -0.4 is 10.6 Å². The van der Waals surface area contributed by atoms with Gasteiger partial charge in [0.2, 0.25) is 5.91 Å². The molecule has 1 amide bonds. The molecule has 1 heterocycles. The first kappa shape index (κ1) is 15.6. The van der Waals surface area contributed by atoms with Crippen LogP contribution >= 0.6 is 0 Å². The van der Waals surface area contributed by atoms with E-state index in [1.807, 2.05) is 10.6 Å². The highest BCUT2D eigenvalue weighted by Crippen LogP contribution is 2.29. The molecule has 1 aromatic heterocycles. The number of nitrogens with one attached hydrogen (secondary N) is 2. The Morgan fingerprint density at radius 1 is 1.48 bits per heavy atom. The van der Waals surface area contributed by atoms with Gasteiger partial charge in [-0.05, 0) is 43.4 Å². The van der Waals surface area contributed by atoms with Crippen LogP contribution in [0, 0.1) is 11.3 Å². The van der Waals surface area contributed by atoms with Gasteiger partial charge in [-0.2, -0.15) is 5.26 Å². The van der Waals surface area contributed by atoms with Crippen molar-refractivity contribution in [1.29, 1.82) is 5.26 Å². The molecule has 0 bridgehead atoms. The maximum absolute atomic E-state index is 11.7. The van der Waals surface area contributed by atoms with E-state index in [9.17, 15) is 4.79 Å². The predicted molar refractivity (Wildman–Crippen MR) is 81.6 cm³/mol. The fraction of sp³-hybridized carbons (Fsp3) is 0.625. The highest BCUT2D eigenvalue weighted by atomic mass is 16.1. The van der Waals surface area contributed by atoms with Gasteiger partial charge in [0.05, 0.1) is 6.07 Å². The third kappa shape index (κ3) is 4.33. The highest BCUT2D eigenvalue weighted by molar-refractivity contribution is 5.76. The van der Waals surface area contributed by atoms with Crippen molar-refractivity contribution in [2.75, 3.05) is 13.1 Å². The summed E-state index contributed by atoms with van der Waals surface area (Å²) in [4.78, 5) is 11.7. The van der Waals surface area contributed by atoms with Crippen molar-refractivity contribution in [2.24, 2.45) is 0 Å². The highest BCUT2D eigenvalue weighted by Gasteiger charge is 2.20. The molecule has 1 aliphatic rings. The third-order valence-electron chi connectivity index (χ3n) is 3.89. The topological polar surface area (TPSA) is 69.8 Å². The number of rotatable bonds is 6. The van der Waals surface area contributed by atoms with Crippen LogP contribution in [0.25, 0.3) is 0 Å². The van der Waals surface area contributed by atoms with Gasteiger partial charge in [-0.3, -0.25) is 4.79 Å². The number of hydrogen-bond acceptors (Lipinski definition) is 3. The molecule has 0 aliphatic heterocycles. The fourth-order valence-electron chi connectivity index (χ4n) is 2.90. The molecule has 1 unspecified atom stereocenters. The van der Waals surface area contributed by atoms with E-state index >= 15 is 0 Å². The Bertz CT molecular complexity index is 515. The minimum absolute atomic E-state index is 0.0699. The SMILES string of the molecule is CCCNC1CCCCc2cn(CC(=O)NCC#N)cc21. The van der Waals surface area contributed by atoms with Gasteiger partial charge in [-0.25, -0.2) is 0 Å². The molecule has 0 saturated carbocycles. The molecule has 2 N–H and O–H groups in total. The quantitative estimate of drug-likeness (QED) is 0.620. The Hall–Kier alpha value is -1.80. The van der Waals surface area contributed by atoms with Crippen molar-refractivity contribution < 1.29 is 4.79 Å². The molecule has 2 rings (SSSR count). The maximum atomic E-state index is 11.7. The van der Waals surface area contributed by atoms with E-state index in [0.717, 1.165) is 25.8 Å². The molecular formula is C16H24N4O. The average molecular weight is 288 g/mol. The molecule has 0 saturated heterocycles. The summed E-state index contributed by atoms with van der Waals surface area (Å²) >= 11 is 0. The summed E-state index contributed by atoms with van der Waals surface area (Å²) < 4.78 is 1.95. The van der Waals surface area contributed by atoms with Crippen LogP contribution in [0.2, 0.25) is 0 Å². The smallest absolute Gasteiger partial charge is 0.240 e. The Balaban J connectivity index is 2.06. The molecule has 114 valence electrons. The Morgan fingerprint density at radius 2 is 2.33 bits per heavy atom. The maximum Gasteiger partial charge on any atom is 0.240 e. The first-order chi connectivity index (χ1) is 10.2. The Kier molecular flexibility index (Phi) is 5.82. The minimum atomic E-state index is -0.111. The van der Waals surface area contributed by atoms with E-state index in [2.05, 4.69) is 30.0 Å². The van der Waals surface area contributed by atoms with Gasteiger partial charge >= 0.3 is 0 Å². The summed E-state index contributed by atoms with van der Waals surface area (Å²) in [7, 11) is 0. The number of nitrogens with zero attached hydrogens (tertiary/aromatic N) is 2. The van der Waals surface area contributed by atoms with Crippen LogP contribution in [0.15, 0.2) is 12.4 Å². The normalized spacial score (nSPS) is 17.6. The zero-order chi connectivity index (χ0) is 15.1. The molecular weight excluding hydrogens is 264 g/mol.